The minimum absolute atomic E-state index is 0.687. The van der Waals surface area contributed by atoms with Gasteiger partial charge >= 0.3 is 0 Å². The molecule has 0 radical (unpaired) electrons. The van der Waals surface area contributed by atoms with Crippen LogP contribution in [0, 0.1) is 6.92 Å². The number of pyridine rings is 1. The molecule has 22 heavy (non-hydrogen) atoms. The van der Waals surface area contributed by atoms with E-state index in [0.717, 1.165) is 35.2 Å². The van der Waals surface area contributed by atoms with E-state index in [2.05, 4.69) is 26.7 Å². The predicted octanol–water partition coefficient (Wildman–Crippen LogP) is 2.95. The molecule has 0 saturated carbocycles. The van der Waals surface area contributed by atoms with E-state index in [4.69, 9.17) is 11.6 Å². The Hall–Kier alpha value is -2.07. The van der Waals surface area contributed by atoms with E-state index in [-0.39, 0.29) is 0 Å². The molecule has 0 aliphatic heterocycles. The van der Waals surface area contributed by atoms with Crippen LogP contribution in [-0.2, 0) is 13.0 Å². The molecular weight excluding hydrogens is 296 g/mol. The van der Waals surface area contributed by atoms with Gasteiger partial charge in [-0.05, 0) is 42.7 Å². The van der Waals surface area contributed by atoms with Crippen LogP contribution in [0.4, 0.5) is 0 Å². The molecule has 0 amide bonds. The van der Waals surface area contributed by atoms with Gasteiger partial charge in [-0.2, -0.15) is 0 Å². The first-order valence-corrected chi connectivity index (χ1v) is 7.65. The fourth-order valence-corrected chi connectivity index (χ4v) is 2.24. The zero-order chi connectivity index (χ0) is 15.8. The molecule has 2 N–H and O–H groups in total. The summed E-state index contributed by atoms with van der Waals surface area (Å²) < 4.78 is 0. The Morgan fingerprint density at radius 3 is 2.73 bits per heavy atom. The van der Waals surface area contributed by atoms with Gasteiger partial charge in [0.15, 0.2) is 5.96 Å². The van der Waals surface area contributed by atoms with Crippen LogP contribution in [0.15, 0.2) is 47.6 Å². The maximum Gasteiger partial charge on any atom is 0.191 e. The van der Waals surface area contributed by atoms with Crippen molar-refractivity contribution in [2.45, 2.75) is 19.9 Å². The lowest BCUT2D eigenvalue weighted by Gasteiger charge is -2.12. The van der Waals surface area contributed by atoms with Gasteiger partial charge in [0.25, 0.3) is 0 Å². The molecule has 0 bridgehead atoms. The highest BCUT2D eigenvalue weighted by Gasteiger charge is 2.00. The minimum Gasteiger partial charge on any atom is -0.356 e. The van der Waals surface area contributed by atoms with Crippen LogP contribution < -0.4 is 10.6 Å². The van der Waals surface area contributed by atoms with Gasteiger partial charge in [-0.15, -0.1) is 0 Å². The monoisotopic (exact) mass is 316 g/mol. The Bertz CT molecular complexity index is 623. The Morgan fingerprint density at radius 1 is 1.18 bits per heavy atom. The van der Waals surface area contributed by atoms with Crippen LogP contribution in [0.2, 0.25) is 5.02 Å². The first-order chi connectivity index (χ1) is 10.7. The van der Waals surface area contributed by atoms with Gasteiger partial charge in [-0.3, -0.25) is 9.98 Å². The van der Waals surface area contributed by atoms with Crippen molar-refractivity contribution in [3.8, 4) is 0 Å². The van der Waals surface area contributed by atoms with Crippen molar-refractivity contribution in [1.29, 1.82) is 0 Å². The fraction of sp³-hybridized carbons (Fsp3) is 0.294. The third kappa shape index (κ3) is 5.37. The van der Waals surface area contributed by atoms with E-state index in [1.165, 1.54) is 5.56 Å². The summed E-state index contributed by atoms with van der Waals surface area (Å²) in [4.78, 5) is 8.51. The van der Waals surface area contributed by atoms with E-state index in [1.807, 2.05) is 43.5 Å². The summed E-state index contributed by atoms with van der Waals surface area (Å²) in [6.45, 7) is 3.48. The summed E-state index contributed by atoms with van der Waals surface area (Å²) in [5.41, 5.74) is 3.37. The molecule has 0 unspecified atom stereocenters. The maximum absolute atomic E-state index is 5.98. The first kappa shape index (κ1) is 16.3. The van der Waals surface area contributed by atoms with Gasteiger partial charge in [0.2, 0.25) is 0 Å². The van der Waals surface area contributed by atoms with Crippen LogP contribution in [0.25, 0.3) is 0 Å². The third-order valence-corrected chi connectivity index (χ3v) is 3.49. The molecule has 1 aromatic heterocycles. The van der Waals surface area contributed by atoms with Crippen LogP contribution in [0.1, 0.15) is 16.8 Å². The second-order valence-electron chi connectivity index (χ2n) is 5.04. The minimum atomic E-state index is 0.687. The molecule has 1 aromatic carbocycles. The van der Waals surface area contributed by atoms with Gasteiger partial charge < -0.3 is 10.6 Å². The molecule has 5 heteroatoms. The van der Waals surface area contributed by atoms with E-state index >= 15 is 0 Å². The van der Waals surface area contributed by atoms with Crippen molar-refractivity contribution in [3.63, 3.8) is 0 Å². The highest BCUT2D eigenvalue weighted by molar-refractivity contribution is 6.30. The Morgan fingerprint density at radius 2 is 2.05 bits per heavy atom. The average Bonchev–Trinajstić information content (AvgIpc) is 2.52. The lowest BCUT2D eigenvalue weighted by Crippen LogP contribution is -2.37. The molecule has 1 heterocycles. The smallest absolute Gasteiger partial charge is 0.191 e. The molecular formula is C17H21ClN4. The standard InChI is InChI=1S/C17H21ClN4/c1-13-6-7-14(11-21-13)8-9-20-17(19-2)22-12-15-4-3-5-16(18)10-15/h3-7,10-11H,8-9,12H2,1-2H3,(H2,19,20,22). The Balaban J connectivity index is 1.76. The number of halogens is 1. The zero-order valence-corrected chi connectivity index (χ0v) is 13.7. The number of aliphatic imine (C=N–C) groups is 1. The zero-order valence-electron chi connectivity index (χ0n) is 12.9. The highest BCUT2D eigenvalue weighted by Crippen LogP contribution is 2.10. The lowest BCUT2D eigenvalue weighted by molar-refractivity contribution is 0.792. The summed E-state index contributed by atoms with van der Waals surface area (Å²) in [5.74, 6) is 0.778. The van der Waals surface area contributed by atoms with Gasteiger partial charge in [0, 0.05) is 37.1 Å². The number of aryl methyl sites for hydroxylation is 1. The number of aromatic nitrogens is 1. The fourth-order valence-electron chi connectivity index (χ4n) is 2.02. The second-order valence-corrected chi connectivity index (χ2v) is 5.48. The molecule has 0 saturated heterocycles. The van der Waals surface area contributed by atoms with Crippen molar-refractivity contribution < 1.29 is 0 Å². The summed E-state index contributed by atoms with van der Waals surface area (Å²) >= 11 is 5.98. The van der Waals surface area contributed by atoms with E-state index in [0.29, 0.717) is 6.54 Å². The molecule has 0 spiro atoms. The van der Waals surface area contributed by atoms with Crippen LogP contribution in [0.3, 0.4) is 0 Å². The molecule has 2 rings (SSSR count). The van der Waals surface area contributed by atoms with Crippen molar-refractivity contribution in [2.75, 3.05) is 13.6 Å². The predicted molar refractivity (Wildman–Crippen MR) is 92.3 cm³/mol. The van der Waals surface area contributed by atoms with Crippen molar-refractivity contribution >= 4 is 17.6 Å². The van der Waals surface area contributed by atoms with E-state index in [1.54, 1.807) is 7.05 Å². The number of rotatable bonds is 5. The number of guanidine groups is 1. The van der Waals surface area contributed by atoms with Crippen molar-refractivity contribution in [1.82, 2.24) is 15.6 Å². The van der Waals surface area contributed by atoms with E-state index in [9.17, 15) is 0 Å². The molecule has 4 nitrogen and oxygen atoms in total. The summed E-state index contributed by atoms with van der Waals surface area (Å²) in [6, 6.07) is 11.9. The molecule has 0 fully saturated rings. The number of nitrogens with zero attached hydrogens (tertiary/aromatic N) is 2. The average molecular weight is 317 g/mol. The molecule has 0 aliphatic rings. The summed E-state index contributed by atoms with van der Waals surface area (Å²) in [6.07, 6.45) is 2.82. The largest absolute Gasteiger partial charge is 0.356 e. The van der Waals surface area contributed by atoms with Gasteiger partial charge in [0.1, 0.15) is 0 Å². The normalized spacial score (nSPS) is 11.3. The number of benzene rings is 1. The van der Waals surface area contributed by atoms with Gasteiger partial charge in [0.05, 0.1) is 0 Å². The number of hydrogen-bond acceptors (Lipinski definition) is 2. The number of hydrogen-bond donors (Lipinski definition) is 2. The highest BCUT2D eigenvalue weighted by atomic mass is 35.5. The van der Waals surface area contributed by atoms with Gasteiger partial charge in [-0.1, -0.05) is 29.8 Å². The molecule has 0 aliphatic carbocycles. The lowest BCUT2D eigenvalue weighted by atomic mass is 10.2. The Labute approximate surface area is 136 Å². The molecule has 116 valence electrons. The Kier molecular flexibility index (Phi) is 6.22. The molecule has 0 atom stereocenters. The van der Waals surface area contributed by atoms with Crippen molar-refractivity contribution in [2.24, 2.45) is 4.99 Å². The summed E-state index contributed by atoms with van der Waals surface area (Å²) in [5, 5.41) is 7.31. The van der Waals surface area contributed by atoms with E-state index < -0.39 is 0 Å². The second kappa shape index (κ2) is 8.39. The topological polar surface area (TPSA) is 49.3 Å². The number of nitrogens with one attached hydrogen (secondary N) is 2. The van der Waals surface area contributed by atoms with Crippen molar-refractivity contribution in [3.05, 3.63) is 64.4 Å². The van der Waals surface area contributed by atoms with Crippen LogP contribution in [-0.4, -0.2) is 24.5 Å². The van der Waals surface area contributed by atoms with Gasteiger partial charge in [-0.25, -0.2) is 0 Å². The SMILES string of the molecule is CN=C(NCCc1ccc(C)nc1)NCc1cccc(Cl)c1. The summed E-state index contributed by atoms with van der Waals surface area (Å²) in [7, 11) is 1.76. The molecule has 2 aromatic rings. The first-order valence-electron chi connectivity index (χ1n) is 7.28. The van der Waals surface area contributed by atoms with Crippen LogP contribution >= 0.6 is 11.6 Å². The maximum atomic E-state index is 5.98. The quantitative estimate of drug-likeness (QED) is 0.658. The van der Waals surface area contributed by atoms with Crippen LogP contribution in [0.5, 0.6) is 0 Å². The third-order valence-electron chi connectivity index (χ3n) is 3.25.